The predicted molar refractivity (Wildman–Crippen MR) is 76.2 cm³/mol. The Morgan fingerprint density at radius 2 is 2.00 bits per heavy atom. The normalized spacial score (nSPS) is 25.1. The number of benzene rings is 1. The summed E-state index contributed by atoms with van der Waals surface area (Å²) in [5.41, 5.74) is 1.30. The van der Waals surface area contributed by atoms with E-state index in [1.807, 2.05) is 6.07 Å². The zero-order valence-electron chi connectivity index (χ0n) is 11.9. The highest BCUT2D eigenvalue weighted by atomic mass is 16.6. The number of nitrogens with one attached hydrogen (secondary N) is 1. The van der Waals surface area contributed by atoms with E-state index >= 15 is 0 Å². The zero-order chi connectivity index (χ0) is 13.9. The third kappa shape index (κ3) is 2.89. The summed E-state index contributed by atoms with van der Waals surface area (Å²) in [6.07, 6.45) is 4.43. The van der Waals surface area contributed by atoms with Gasteiger partial charge in [0.25, 0.3) is 0 Å². The first kappa shape index (κ1) is 13.3. The number of fused-ring (bicyclic) bond motifs is 1. The maximum Gasteiger partial charge on any atom is 0.217 e. The highest BCUT2D eigenvalue weighted by molar-refractivity contribution is 5.73. The molecule has 0 saturated heterocycles. The van der Waals surface area contributed by atoms with Gasteiger partial charge in [0.15, 0.2) is 11.5 Å². The van der Waals surface area contributed by atoms with Crippen LogP contribution in [0, 0.1) is 0 Å². The highest BCUT2D eigenvalue weighted by Gasteiger charge is 2.25. The molecule has 1 N–H and O–H groups in total. The lowest BCUT2D eigenvalue weighted by atomic mass is 9.81. The molecule has 108 valence electrons. The van der Waals surface area contributed by atoms with E-state index in [9.17, 15) is 4.79 Å². The Morgan fingerprint density at radius 3 is 2.80 bits per heavy atom. The van der Waals surface area contributed by atoms with Crippen molar-refractivity contribution in [3.05, 3.63) is 23.8 Å². The van der Waals surface area contributed by atoms with E-state index in [0.717, 1.165) is 30.8 Å². The Kier molecular flexibility index (Phi) is 3.81. The molecule has 4 heteroatoms. The number of hydrogen-bond acceptors (Lipinski definition) is 3. The molecule has 1 aliphatic heterocycles. The van der Waals surface area contributed by atoms with Crippen molar-refractivity contribution >= 4 is 5.91 Å². The van der Waals surface area contributed by atoms with E-state index in [1.165, 1.54) is 12.0 Å². The molecule has 20 heavy (non-hydrogen) atoms. The van der Waals surface area contributed by atoms with E-state index in [2.05, 4.69) is 17.4 Å². The fraction of sp³-hybridized carbons (Fsp3) is 0.562. The lowest BCUT2D eigenvalue weighted by molar-refractivity contribution is -0.119. The molecule has 1 saturated carbocycles. The average molecular weight is 275 g/mol. The molecule has 1 aromatic rings. The van der Waals surface area contributed by atoms with Gasteiger partial charge in [-0.3, -0.25) is 4.79 Å². The summed E-state index contributed by atoms with van der Waals surface area (Å²) in [4.78, 5) is 11.2. The molecule has 1 fully saturated rings. The predicted octanol–water partition coefficient (Wildman–Crippen LogP) is 2.62. The van der Waals surface area contributed by atoms with Gasteiger partial charge in [-0.05, 0) is 42.9 Å². The molecule has 0 radical (unpaired) electrons. The minimum Gasteiger partial charge on any atom is -0.486 e. The Hall–Kier alpha value is -1.71. The number of amides is 1. The number of hydrogen-bond donors (Lipinski definition) is 1. The largest absolute Gasteiger partial charge is 0.486 e. The molecule has 1 heterocycles. The van der Waals surface area contributed by atoms with Gasteiger partial charge in [0.2, 0.25) is 5.91 Å². The second-order valence-corrected chi connectivity index (χ2v) is 5.66. The zero-order valence-corrected chi connectivity index (χ0v) is 11.9. The van der Waals surface area contributed by atoms with E-state index < -0.39 is 0 Å². The third-order valence-electron chi connectivity index (χ3n) is 4.12. The second kappa shape index (κ2) is 5.73. The van der Waals surface area contributed by atoms with Gasteiger partial charge in [0.1, 0.15) is 13.2 Å². The van der Waals surface area contributed by atoms with Crippen LogP contribution in [0.25, 0.3) is 0 Å². The van der Waals surface area contributed by atoms with Crippen LogP contribution >= 0.6 is 0 Å². The van der Waals surface area contributed by atoms with Crippen molar-refractivity contribution in [3.8, 4) is 11.5 Å². The van der Waals surface area contributed by atoms with Gasteiger partial charge in [0.05, 0.1) is 0 Å². The van der Waals surface area contributed by atoms with Crippen molar-refractivity contribution in [3.63, 3.8) is 0 Å². The molecule has 4 nitrogen and oxygen atoms in total. The maximum absolute atomic E-state index is 11.2. The Balaban J connectivity index is 1.73. The molecule has 2 atom stereocenters. The number of ether oxygens (including phenoxy) is 2. The first-order valence-corrected chi connectivity index (χ1v) is 7.39. The minimum atomic E-state index is 0.0674. The molecule has 1 amide bonds. The van der Waals surface area contributed by atoms with Crippen LogP contribution in [0.4, 0.5) is 0 Å². The van der Waals surface area contributed by atoms with E-state index in [4.69, 9.17) is 9.47 Å². The molecule has 0 aromatic heterocycles. The first-order valence-electron chi connectivity index (χ1n) is 7.39. The molecule has 0 unspecified atom stereocenters. The van der Waals surface area contributed by atoms with Gasteiger partial charge >= 0.3 is 0 Å². The van der Waals surface area contributed by atoms with Crippen LogP contribution in [0.15, 0.2) is 18.2 Å². The second-order valence-electron chi connectivity index (χ2n) is 5.66. The van der Waals surface area contributed by atoms with Crippen molar-refractivity contribution < 1.29 is 14.3 Å². The van der Waals surface area contributed by atoms with E-state index in [1.54, 1.807) is 6.92 Å². The lowest BCUT2D eigenvalue weighted by Crippen LogP contribution is -2.36. The quantitative estimate of drug-likeness (QED) is 0.902. The summed E-state index contributed by atoms with van der Waals surface area (Å²) < 4.78 is 11.2. The summed E-state index contributed by atoms with van der Waals surface area (Å²) in [6.45, 7) is 2.84. The van der Waals surface area contributed by atoms with E-state index in [-0.39, 0.29) is 5.91 Å². The van der Waals surface area contributed by atoms with Gasteiger partial charge in [-0.2, -0.15) is 0 Å². The molecule has 0 bridgehead atoms. The number of rotatable bonds is 2. The smallest absolute Gasteiger partial charge is 0.217 e. The molecule has 0 spiro atoms. The van der Waals surface area contributed by atoms with Crippen LogP contribution in [0.2, 0.25) is 0 Å². The Morgan fingerprint density at radius 1 is 1.20 bits per heavy atom. The Bertz CT molecular complexity index is 500. The molecule has 2 aliphatic rings. The highest BCUT2D eigenvalue weighted by Crippen LogP contribution is 2.38. The van der Waals surface area contributed by atoms with Crippen LogP contribution in [0.5, 0.6) is 11.5 Å². The van der Waals surface area contributed by atoms with Crippen LogP contribution in [0.1, 0.15) is 44.1 Å². The number of carbonyl (C=O) groups is 1. The maximum atomic E-state index is 11.2. The summed E-state index contributed by atoms with van der Waals surface area (Å²) in [7, 11) is 0. The summed E-state index contributed by atoms with van der Waals surface area (Å²) in [5, 5.41) is 3.05. The van der Waals surface area contributed by atoms with Gasteiger partial charge in [-0.15, -0.1) is 0 Å². The van der Waals surface area contributed by atoms with Crippen LogP contribution in [0.3, 0.4) is 0 Å². The van der Waals surface area contributed by atoms with Crippen molar-refractivity contribution in [2.75, 3.05) is 13.2 Å². The van der Waals surface area contributed by atoms with E-state index in [0.29, 0.717) is 25.2 Å². The van der Waals surface area contributed by atoms with Gasteiger partial charge in [-0.1, -0.05) is 12.5 Å². The molecule has 3 rings (SSSR count). The molecule has 1 aliphatic carbocycles. The fourth-order valence-electron chi connectivity index (χ4n) is 3.22. The fourth-order valence-corrected chi connectivity index (χ4v) is 3.22. The van der Waals surface area contributed by atoms with Crippen molar-refractivity contribution in [1.82, 2.24) is 5.32 Å². The molecule has 1 aromatic carbocycles. The molecular formula is C16H21NO3. The van der Waals surface area contributed by atoms with Crippen molar-refractivity contribution in [1.29, 1.82) is 0 Å². The van der Waals surface area contributed by atoms with Gasteiger partial charge < -0.3 is 14.8 Å². The van der Waals surface area contributed by atoms with Crippen molar-refractivity contribution in [2.24, 2.45) is 0 Å². The minimum absolute atomic E-state index is 0.0674. The SMILES string of the molecule is CC(=O)N[C@H]1CCC[C@@H](c2ccc3c(c2)OCCO3)C1. The lowest BCUT2D eigenvalue weighted by Gasteiger charge is -2.30. The summed E-state index contributed by atoms with van der Waals surface area (Å²) in [5.74, 6) is 2.26. The van der Waals surface area contributed by atoms with Crippen LogP contribution < -0.4 is 14.8 Å². The monoisotopic (exact) mass is 275 g/mol. The standard InChI is InChI=1S/C16H21NO3/c1-11(18)17-14-4-2-3-12(9-14)13-5-6-15-16(10-13)20-8-7-19-15/h5-6,10,12,14H,2-4,7-9H2,1H3,(H,17,18)/t12-,14+/m1/s1. The summed E-state index contributed by atoms with van der Waals surface area (Å²) >= 11 is 0. The van der Waals surface area contributed by atoms with Gasteiger partial charge in [0, 0.05) is 13.0 Å². The molecular weight excluding hydrogens is 254 g/mol. The van der Waals surface area contributed by atoms with Crippen LogP contribution in [-0.2, 0) is 4.79 Å². The topological polar surface area (TPSA) is 47.6 Å². The van der Waals surface area contributed by atoms with Gasteiger partial charge in [-0.25, -0.2) is 0 Å². The average Bonchev–Trinajstić information content (AvgIpc) is 2.46. The number of carbonyl (C=O) groups excluding carboxylic acids is 1. The Labute approximate surface area is 119 Å². The van der Waals surface area contributed by atoms with Crippen molar-refractivity contribution in [2.45, 2.75) is 44.6 Å². The van der Waals surface area contributed by atoms with Crippen LogP contribution in [-0.4, -0.2) is 25.2 Å². The third-order valence-corrected chi connectivity index (χ3v) is 4.12. The summed E-state index contributed by atoms with van der Waals surface area (Å²) in [6, 6.07) is 6.55. The first-order chi connectivity index (χ1) is 9.72.